The number of benzene rings is 1. The summed E-state index contributed by atoms with van der Waals surface area (Å²) in [4.78, 5) is 4.31. The third-order valence-corrected chi connectivity index (χ3v) is 5.01. The monoisotopic (exact) mass is 398 g/mol. The number of phenols is 2. The molecule has 5 heteroatoms. The number of aromatic nitrogens is 2. The van der Waals surface area contributed by atoms with Crippen LogP contribution in [0.5, 0.6) is 11.5 Å². The van der Waals surface area contributed by atoms with Crippen LogP contribution in [0.15, 0.2) is 33.9 Å². The van der Waals surface area contributed by atoms with Crippen LogP contribution in [0.4, 0.5) is 0 Å². The van der Waals surface area contributed by atoms with Crippen molar-refractivity contribution in [1.29, 1.82) is 0 Å². The van der Waals surface area contributed by atoms with Gasteiger partial charge in [-0.2, -0.15) is 4.98 Å². The molecule has 0 amide bonds. The highest BCUT2D eigenvalue weighted by atomic mass is 16.5. The lowest BCUT2D eigenvalue weighted by molar-refractivity contribution is 0.393. The fraction of sp³-hybridized carbons (Fsp3) is 0.500. The zero-order chi connectivity index (χ0) is 21.4. The van der Waals surface area contributed by atoms with Crippen molar-refractivity contribution >= 4 is 0 Å². The van der Waals surface area contributed by atoms with E-state index in [1.165, 1.54) is 11.1 Å². The minimum Gasteiger partial charge on any atom is -0.508 e. The molecule has 1 aromatic carbocycles. The predicted molar refractivity (Wildman–Crippen MR) is 117 cm³/mol. The maximum Gasteiger partial charge on any atom is 0.223 e. The molecule has 0 saturated heterocycles. The number of nitrogens with zero attached hydrogens (tertiary/aromatic N) is 2. The third kappa shape index (κ3) is 6.48. The zero-order valence-electron chi connectivity index (χ0n) is 18.4. The highest BCUT2D eigenvalue weighted by Crippen LogP contribution is 2.40. The number of unbranched alkanes of at least 4 members (excludes halogenated alkanes) is 2. The first-order valence-corrected chi connectivity index (χ1v) is 10.5. The molecular formula is C24H34N2O3. The van der Waals surface area contributed by atoms with Crippen molar-refractivity contribution < 1.29 is 14.7 Å². The Hall–Kier alpha value is -2.56. The summed E-state index contributed by atoms with van der Waals surface area (Å²) in [6.45, 7) is 10.1. The van der Waals surface area contributed by atoms with E-state index < -0.39 is 0 Å². The molecule has 158 valence electrons. The number of aromatic hydroxyl groups is 2. The molecular weight excluding hydrogens is 364 g/mol. The average Bonchev–Trinajstić information content (AvgIpc) is 3.07. The van der Waals surface area contributed by atoms with Crippen molar-refractivity contribution in [1.82, 2.24) is 10.1 Å². The summed E-state index contributed by atoms with van der Waals surface area (Å²) in [6.07, 6.45) is 10.6. The lowest BCUT2D eigenvalue weighted by Gasteiger charge is -2.14. The van der Waals surface area contributed by atoms with Crippen LogP contribution in [0.25, 0.3) is 11.4 Å². The van der Waals surface area contributed by atoms with Crippen molar-refractivity contribution in [3.63, 3.8) is 0 Å². The highest BCUT2D eigenvalue weighted by Gasteiger charge is 2.21. The third-order valence-electron chi connectivity index (χ3n) is 5.01. The summed E-state index contributed by atoms with van der Waals surface area (Å²) in [6, 6.07) is 1.75. The first kappa shape index (κ1) is 22.7. The van der Waals surface area contributed by atoms with Crippen molar-refractivity contribution in [3.8, 4) is 22.9 Å². The molecule has 0 aliphatic carbocycles. The van der Waals surface area contributed by atoms with E-state index in [4.69, 9.17) is 4.52 Å². The standard InChI is InChI=1S/C24H34N2O3/c1-6-7-8-12-19-15-21(27)20(14-13-17(4)11-9-10-16(2)3)23(28)22(19)24-25-18(5)29-26-24/h10,13,15,27-28H,6-9,11-12,14H2,1-5H3/b17-13+. The van der Waals surface area contributed by atoms with E-state index in [1.54, 1.807) is 13.0 Å². The van der Waals surface area contributed by atoms with Crippen molar-refractivity contribution in [3.05, 3.63) is 46.4 Å². The summed E-state index contributed by atoms with van der Waals surface area (Å²) in [5, 5.41) is 25.6. The number of allylic oxidation sites excluding steroid dienone is 4. The van der Waals surface area contributed by atoms with Crippen LogP contribution in [0.1, 0.15) is 76.8 Å². The van der Waals surface area contributed by atoms with Gasteiger partial charge in [0.2, 0.25) is 11.7 Å². The first-order valence-electron chi connectivity index (χ1n) is 10.5. The number of hydrogen-bond donors (Lipinski definition) is 2. The van der Waals surface area contributed by atoms with Gasteiger partial charge >= 0.3 is 0 Å². The van der Waals surface area contributed by atoms with Gasteiger partial charge in [-0.05, 0) is 64.5 Å². The van der Waals surface area contributed by atoms with Gasteiger partial charge in [0.05, 0.1) is 5.56 Å². The van der Waals surface area contributed by atoms with E-state index >= 15 is 0 Å². The number of hydrogen-bond acceptors (Lipinski definition) is 5. The Morgan fingerprint density at radius 1 is 1.14 bits per heavy atom. The van der Waals surface area contributed by atoms with Gasteiger partial charge in [-0.3, -0.25) is 0 Å². The van der Waals surface area contributed by atoms with E-state index in [9.17, 15) is 10.2 Å². The van der Waals surface area contributed by atoms with Gasteiger partial charge in [-0.25, -0.2) is 0 Å². The Labute approximate surface area is 174 Å². The van der Waals surface area contributed by atoms with E-state index in [0.717, 1.165) is 44.1 Å². The molecule has 0 unspecified atom stereocenters. The van der Waals surface area contributed by atoms with E-state index in [-0.39, 0.29) is 11.5 Å². The Kier molecular flexibility index (Phi) is 8.50. The molecule has 0 radical (unpaired) electrons. The molecule has 0 atom stereocenters. The number of phenolic OH excluding ortho intramolecular Hbond substituents is 2. The predicted octanol–water partition coefficient (Wildman–Crippen LogP) is 6.42. The Balaban J connectivity index is 2.34. The smallest absolute Gasteiger partial charge is 0.223 e. The molecule has 0 saturated carbocycles. The summed E-state index contributed by atoms with van der Waals surface area (Å²) in [5.41, 5.74) is 4.46. The quantitative estimate of drug-likeness (QED) is 0.356. The van der Waals surface area contributed by atoms with Crippen LogP contribution in [-0.2, 0) is 12.8 Å². The highest BCUT2D eigenvalue weighted by molar-refractivity contribution is 5.73. The minimum absolute atomic E-state index is 0.0469. The minimum atomic E-state index is 0.0469. The molecule has 0 aliphatic heterocycles. The fourth-order valence-electron chi connectivity index (χ4n) is 3.33. The number of rotatable bonds is 10. The van der Waals surface area contributed by atoms with Crippen LogP contribution < -0.4 is 0 Å². The van der Waals surface area contributed by atoms with Crippen LogP contribution in [0.3, 0.4) is 0 Å². The molecule has 2 rings (SSSR count). The van der Waals surface area contributed by atoms with Gasteiger partial charge in [0, 0.05) is 12.5 Å². The van der Waals surface area contributed by atoms with Gasteiger partial charge in [0.1, 0.15) is 11.5 Å². The zero-order valence-corrected chi connectivity index (χ0v) is 18.4. The van der Waals surface area contributed by atoms with Gasteiger partial charge in [0.15, 0.2) is 0 Å². The van der Waals surface area contributed by atoms with Gasteiger partial charge in [-0.1, -0.05) is 48.2 Å². The number of aryl methyl sites for hydroxylation is 2. The molecule has 2 N–H and O–H groups in total. The molecule has 29 heavy (non-hydrogen) atoms. The normalized spacial score (nSPS) is 11.7. The van der Waals surface area contributed by atoms with Crippen molar-refractivity contribution in [2.24, 2.45) is 0 Å². The second kappa shape index (κ2) is 10.8. The summed E-state index contributed by atoms with van der Waals surface area (Å²) < 4.78 is 5.13. The van der Waals surface area contributed by atoms with Crippen LogP contribution in [0, 0.1) is 6.92 Å². The van der Waals surface area contributed by atoms with Crippen LogP contribution in [0.2, 0.25) is 0 Å². The first-order chi connectivity index (χ1) is 13.8. The fourth-order valence-corrected chi connectivity index (χ4v) is 3.33. The summed E-state index contributed by atoms with van der Waals surface area (Å²) in [7, 11) is 0. The second-order valence-corrected chi connectivity index (χ2v) is 7.93. The molecule has 0 aliphatic rings. The molecule has 5 nitrogen and oxygen atoms in total. The molecule has 1 aromatic heterocycles. The van der Waals surface area contributed by atoms with Crippen molar-refractivity contribution in [2.75, 3.05) is 0 Å². The summed E-state index contributed by atoms with van der Waals surface area (Å²) in [5.74, 6) is 0.984. The molecule has 0 spiro atoms. The topological polar surface area (TPSA) is 79.4 Å². The Morgan fingerprint density at radius 3 is 2.52 bits per heavy atom. The maximum absolute atomic E-state index is 11.0. The molecule has 0 bridgehead atoms. The molecule has 0 fully saturated rings. The lowest BCUT2D eigenvalue weighted by Crippen LogP contribution is -1.98. The Morgan fingerprint density at radius 2 is 1.90 bits per heavy atom. The van der Waals surface area contributed by atoms with Gasteiger partial charge in [-0.15, -0.1) is 0 Å². The van der Waals surface area contributed by atoms with E-state index in [0.29, 0.717) is 29.3 Å². The largest absolute Gasteiger partial charge is 0.508 e. The SMILES string of the molecule is CCCCCc1cc(O)c(C/C=C(\C)CCC=C(C)C)c(O)c1-c1noc(C)n1. The van der Waals surface area contributed by atoms with Crippen LogP contribution in [-0.4, -0.2) is 20.4 Å². The molecule has 2 aromatic rings. The molecule has 1 heterocycles. The summed E-state index contributed by atoms with van der Waals surface area (Å²) >= 11 is 0. The maximum atomic E-state index is 11.0. The lowest BCUT2D eigenvalue weighted by atomic mass is 9.94. The van der Waals surface area contributed by atoms with E-state index in [1.807, 2.05) is 0 Å². The van der Waals surface area contributed by atoms with E-state index in [2.05, 4.69) is 50.0 Å². The second-order valence-electron chi connectivity index (χ2n) is 7.93. The average molecular weight is 399 g/mol. The van der Waals surface area contributed by atoms with Crippen LogP contribution >= 0.6 is 0 Å². The van der Waals surface area contributed by atoms with Gasteiger partial charge in [0.25, 0.3) is 0 Å². The van der Waals surface area contributed by atoms with Gasteiger partial charge < -0.3 is 14.7 Å². The van der Waals surface area contributed by atoms with Crippen molar-refractivity contribution in [2.45, 2.75) is 79.6 Å². The Bertz CT molecular complexity index is 874.